The Morgan fingerprint density at radius 3 is 2.68 bits per heavy atom. The van der Waals surface area contributed by atoms with Crippen molar-refractivity contribution in [3.05, 3.63) is 0 Å². The van der Waals surface area contributed by atoms with Crippen molar-refractivity contribution in [1.82, 2.24) is 10.2 Å². The number of carboxylic acid groups (broad SMARTS) is 1. The van der Waals surface area contributed by atoms with Crippen LogP contribution < -0.4 is 5.32 Å². The lowest BCUT2D eigenvalue weighted by atomic mass is 10.0. The SMILES string of the molecule is CCCN(CCCC(=O)NC)C1COCC1C(=O)O. The molecule has 0 aliphatic carbocycles. The third-order valence-corrected chi connectivity index (χ3v) is 3.48. The molecular formula is C13H24N2O4. The molecule has 2 unspecified atom stereocenters. The van der Waals surface area contributed by atoms with E-state index in [1.165, 1.54) is 0 Å². The van der Waals surface area contributed by atoms with Gasteiger partial charge in [0.2, 0.25) is 5.91 Å². The summed E-state index contributed by atoms with van der Waals surface area (Å²) >= 11 is 0. The van der Waals surface area contributed by atoms with Gasteiger partial charge in [-0.25, -0.2) is 0 Å². The topological polar surface area (TPSA) is 78.9 Å². The average Bonchev–Trinajstić information content (AvgIpc) is 2.86. The first-order chi connectivity index (χ1) is 9.10. The van der Waals surface area contributed by atoms with Gasteiger partial charge in [-0.15, -0.1) is 0 Å². The van der Waals surface area contributed by atoms with E-state index in [9.17, 15) is 14.7 Å². The van der Waals surface area contributed by atoms with Gasteiger partial charge in [0.25, 0.3) is 0 Å². The first-order valence-electron chi connectivity index (χ1n) is 6.85. The van der Waals surface area contributed by atoms with Crippen LogP contribution in [0.3, 0.4) is 0 Å². The summed E-state index contributed by atoms with van der Waals surface area (Å²) < 4.78 is 5.31. The highest BCUT2D eigenvalue weighted by atomic mass is 16.5. The van der Waals surface area contributed by atoms with Gasteiger partial charge in [0.1, 0.15) is 0 Å². The molecule has 2 N–H and O–H groups in total. The summed E-state index contributed by atoms with van der Waals surface area (Å²) in [6.45, 7) is 4.40. The van der Waals surface area contributed by atoms with E-state index in [2.05, 4.69) is 17.1 Å². The summed E-state index contributed by atoms with van der Waals surface area (Å²) in [5, 5.41) is 11.8. The Balaban J connectivity index is 2.51. The van der Waals surface area contributed by atoms with Crippen LogP contribution in [0.5, 0.6) is 0 Å². The van der Waals surface area contributed by atoms with E-state index in [1.54, 1.807) is 7.05 Å². The number of ether oxygens (including phenoxy) is 1. The van der Waals surface area contributed by atoms with Crippen molar-refractivity contribution >= 4 is 11.9 Å². The maximum atomic E-state index is 11.2. The van der Waals surface area contributed by atoms with Crippen LogP contribution in [0.15, 0.2) is 0 Å². The molecule has 1 aliphatic rings. The van der Waals surface area contributed by atoms with Gasteiger partial charge < -0.3 is 15.2 Å². The molecule has 110 valence electrons. The van der Waals surface area contributed by atoms with E-state index in [0.29, 0.717) is 13.0 Å². The predicted molar refractivity (Wildman–Crippen MR) is 70.9 cm³/mol. The van der Waals surface area contributed by atoms with Crippen LogP contribution in [-0.4, -0.2) is 61.3 Å². The molecule has 1 heterocycles. The Morgan fingerprint density at radius 2 is 2.11 bits per heavy atom. The normalized spacial score (nSPS) is 22.7. The Labute approximate surface area is 114 Å². The molecule has 1 amide bonds. The highest BCUT2D eigenvalue weighted by Gasteiger charge is 2.37. The van der Waals surface area contributed by atoms with Crippen molar-refractivity contribution in [2.75, 3.05) is 33.4 Å². The number of nitrogens with zero attached hydrogens (tertiary/aromatic N) is 1. The number of aliphatic carboxylic acids is 1. The Bertz CT molecular complexity index is 309. The van der Waals surface area contributed by atoms with Crippen LogP contribution in [0, 0.1) is 5.92 Å². The Hall–Kier alpha value is -1.14. The Kier molecular flexibility index (Phi) is 6.80. The van der Waals surface area contributed by atoms with E-state index in [4.69, 9.17) is 4.74 Å². The molecule has 0 aromatic heterocycles. The van der Waals surface area contributed by atoms with Crippen molar-refractivity contribution in [2.45, 2.75) is 32.2 Å². The number of amides is 1. The highest BCUT2D eigenvalue weighted by Crippen LogP contribution is 2.20. The molecule has 1 aliphatic heterocycles. The summed E-state index contributed by atoms with van der Waals surface area (Å²) in [4.78, 5) is 24.5. The summed E-state index contributed by atoms with van der Waals surface area (Å²) in [5.41, 5.74) is 0. The number of hydrogen-bond acceptors (Lipinski definition) is 4. The molecule has 0 radical (unpaired) electrons. The van der Waals surface area contributed by atoms with E-state index in [1.807, 2.05) is 0 Å². The summed E-state index contributed by atoms with van der Waals surface area (Å²) in [6.07, 6.45) is 2.17. The lowest BCUT2D eigenvalue weighted by Gasteiger charge is -2.29. The van der Waals surface area contributed by atoms with E-state index >= 15 is 0 Å². The van der Waals surface area contributed by atoms with Gasteiger partial charge in [0.15, 0.2) is 0 Å². The third-order valence-electron chi connectivity index (χ3n) is 3.48. The lowest BCUT2D eigenvalue weighted by molar-refractivity contribution is -0.143. The fourth-order valence-corrected chi connectivity index (χ4v) is 2.44. The van der Waals surface area contributed by atoms with E-state index in [-0.39, 0.29) is 18.6 Å². The van der Waals surface area contributed by atoms with Gasteiger partial charge in [0, 0.05) is 19.5 Å². The molecule has 0 bridgehead atoms. The summed E-state index contributed by atoms with van der Waals surface area (Å²) in [6, 6.07) is -0.0675. The minimum absolute atomic E-state index is 0.0221. The quantitative estimate of drug-likeness (QED) is 0.665. The molecule has 2 atom stereocenters. The fraction of sp³-hybridized carbons (Fsp3) is 0.846. The third kappa shape index (κ3) is 4.80. The zero-order chi connectivity index (χ0) is 14.3. The molecule has 1 fully saturated rings. The predicted octanol–water partition coefficient (Wildman–Crippen LogP) is 0.324. The first-order valence-corrected chi connectivity index (χ1v) is 6.85. The maximum absolute atomic E-state index is 11.2. The fourth-order valence-electron chi connectivity index (χ4n) is 2.44. The van der Waals surface area contributed by atoms with Gasteiger partial charge in [-0.2, -0.15) is 0 Å². The number of carboxylic acids is 1. The minimum Gasteiger partial charge on any atom is -0.481 e. The monoisotopic (exact) mass is 272 g/mol. The van der Waals surface area contributed by atoms with Crippen molar-refractivity contribution in [3.8, 4) is 0 Å². The van der Waals surface area contributed by atoms with Crippen LogP contribution in [0.2, 0.25) is 0 Å². The number of rotatable bonds is 8. The first kappa shape index (κ1) is 15.9. The zero-order valence-electron chi connectivity index (χ0n) is 11.7. The van der Waals surface area contributed by atoms with Crippen molar-refractivity contribution in [1.29, 1.82) is 0 Å². The smallest absolute Gasteiger partial charge is 0.310 e. The van der Waals surface area contributed by atoms with Crippen LogP contribution in [0.4, 0.5) is 0 Å². The summed E-state index contributed by atoms with van der Waals surface area (Å²) in [5.74, 6) is -1.23. The van der Waals surface area contributed by atoms with Gasteiger partial charge in [0.05, 0.1) is 19.1 Å². The second kappa shape index (κ2) is 8.12. The van der Waals surface area contributed by atoms with Crippen molar-refractivity contribution in [3.63, 3.8) is 0 Å². The van der Waals surface area contributed by atoms with Crippen LogP contribution >= 0.6 is 0 Å². The van der Waals surface area contributed by atoms with Crippen LogP contribution in [0.1, 0.15) is 26.2 Å². The molecule has 0 aromatic rings. The zero-order valence-corrected chi connectivity index (χ0v) is 11.7. The number of nitrogens with one attached hydrogen (secondary N) is 1. The standard InChI is InChI=1S/C13H24N2O4/c1-3-6-15(7-4-5-12(16)14-2)11-9-19-8-10(11)13(17)18/h10-11H,3-9H2,1-2H3,(H,14,16)(H,17,18). The van der Waals surface area contributed by atoms with Crippen LogP contribution in [0.25, 0.3) is 0 Å². The number of carbonyl (C=O) groups excluding carboxylic acids is 1. The van der Waals surface area contributed by atoms with Crippen molar-refractivity contribution < 1.29 is 19.4 Å². The molecule has 0 aromatic carbocycles. The molecule has 1 rings (SSSR count). The van der Waals surface area contributed by atoms with Crippen LogP contribution in [-0.2, 0) is 14.3 Å². The van der Waals surface area contributed by atoms with Gasteiger partial charge in [-0.1, -0.05) is 6.92 Å². The molecule has 1 saturated heterocycles. The molecular weight excluding hydrogens is 248 g/mol. The minimum atomic E-state index is -0.796. The van der Waals surface area contributed by atoms with Crippen molar-refractivity contribution in [2.24, 2.45) is 5.92 Å². The second-order valence-corrected chi connectivity index (χ2v) is 4.86. The van der Waals surface area contributed by atoms with E-state index in [0.717, 1.165) is 25.9 Å². The molecule has 19 heavy (non-hydrogen) atoms. The summed E-state index contributed by atoms with van der Waals surface area (Å²) in [7, 11) is 1.62. The van der Waals surface area contributed by atoms with E-state index < -0.39 is 11.9 Å². The second-order valence-electron chi connectivity index (χ2n) is 4.86. The van der Waals surface area contributed by atoms with Gasteiger partial charge >= 0.3 is 5.97 Å². The molecule has 6 heteroatoms. The van der Waals surface area contributed by atoms with Gasteiger partial charge in [-0.3, -0.25) is 14.5 Å². The molecule has 0 spiro atoms. The largest absolute Gasteiger partial charge is 0.481 e. The van der Waals surface area contributed by atoms with Gasteiger partial charge in [-0.05, 0) is 25.9 Å². The highest BCUT2D eigenvalue weighted by molar-refractivity contribution is 5.75. The number of hydrogen-bond donors (Lipinski definition) is 2. The Morgan fingerprint density at radius 1 is 1.37 bits per heavy atom. The molecule has 0 saturated carbocycles. The molecule has 6 nitrogen and oxygen atoms in total. The number of carbonyl (C=O) groups is 2. The lowest BCUT2D eigenvalue weighted by Crippen LogP contribution is -2.44. The maximum Gasteiger partial charge on any atom is 0.310 e. The average molecular weight is 272 g/mol.